The summed E-state index contributed by atoms with van der Waals surface area (Å²) in [6.07, 6.45) is 0. The number of carbonyl (C=O) groups excluding carboxylic acids is 2. The SMILES string of the molecule is COCCN(CCOC)C(=O)CN1C(=O)N2CCN=C2c2ccccc21. The Balaban J connectivity index is 1.81. The number of rotatable bonds is 8. The fourth-order valence-corrected chi connectivity index (χ4v) is 3.16. The molecule has 2 aliphatic heterocycles. The Hall–Kier alpha value is -2.45. The highest BCUT2D eigenvalue weighted by Crippen LogP contribution is 2.30. The lowest BCUT2D eigenvalue weighted by molar-refractivity contribution is -0.130. The third-order valence-corrected chi connectivity index (χ3v) is 4.52. The highest BCUT2D eigenvalue weighted by molar-refractivity contribution is 6.20. The van der Waals surface area contributed by atoms with Crippen molar-refractivity contribution in [3.8, 4) is 0 Å². The van der Waals surface area contributed by atoms with Gasteiger partial charge >= 0.3 is 6.03 Å². The Morgan fingerprint density at radius 2 is 1.88 bits per heavy atom. The van der Waals surface area contributed by atoms with Gasteiger partial charge in [-0.2, -0.15) is 0 Å². The maximum atomic E-state index is 12.9. The molecular formula is C18H24N4O4. The number of ether oxygens (including phenoxy) is 2. The topological polar surface area (TPSA) is 74.7 Å². The summed E-state index contributed by atoms with van der Waals surface area (Å²) < 4.78 is 10.2. The molecule has 140 valence electrons. The molecule has 0 saturated carbocycles. The lowest BCUT2D eigenvalue weighted by Gasteiger charge is -2.36. The Morgan fingerprint density at radius 1 is 1.19 bits per heavy atom. The van der Waals surface area contributed by atoms with Crippen molar-refractivity contribution in [1.29, 1.82) is 0 Å². The van der Waals surface area contributed by atoms with Gasteiger partial charge in [-0.05, 0) is 12.1 Å². The van der Waals surface area contributed by atoms with Crippen LogP contribution >= 0.6 is 0 Å². The van der Waals surface area contributed by atoms with Crippen LogP contribution in [-0.2, 0) is 14.3 Å². The molecule has 3 amide bonds. The van der Waals surface area contributed by atoms with Crippen LogP contribution in [0.3, 0.4) is 0 Å². The first-order chi connectivity index (χ1) is 12.7. The molecule has 8 nitrogen and oxygen atoms in total. The van der Waals surface area contributed by atoms with Crippen molar-refractivity contribution in [2.24, 2.45) is 4.99 Å². The Bertz CT molecular complexity index is 698. The number of fused-ring (bicyclic) bond motifs is 3. The van der Waals surface area contributed by atoms with Crippen LogP contribution in [0, 0.1) is 0 Å². The Labute approximate surface area is 153 Å². The number of benzene rings is 1. The molecular weight excluding hydrogens is 336 g/mol. The van der Waals surface area contributed by atoms with Crippen LogP contribution in [0.4, 0.5) is 10.5 Å². The number of amides is 3. The molecule has 8 heteroatoms. The van der Waals surface area contributed by atoms with Crippen molar-refractivity contribution in [2.45, 2.75) is 0 Å². The van der Waals surface area contributed by atoms with Gasteiger partial charge in [0.1, 0.15) is 12.4 Å². The van der Waals surface area contributed by atoms with Crippen LogP contribution in [0.25, 0.3) is 0 Å². The van der Waals surface area contributed by atoms with E-state index in [9.17, 15) is 9.59 Å². The van der Waals surface area contributed by atoms with Crippen molar-refractivity contribution >= 4 is 23.5 Å². The molecule has 0 fully saturated rings. The molecule has 0 aliphatic carbocycles. The van der Waals surface area contributed by atoms with E-state index in [-0.39, 0.29) is 18.5 Å². The van der Waals surface area contributed by atoms with E-state index in [4.69, 9.17) is 9.47 Å². The molecule has 0 aromatic heterocycles. The summed E-state index contributed by atoms with van der Waals surface area (Å²) in [4.78, 5) is 35.0. The predicted octanol–water partition coefficient (Wildman–Crippen LogP) is 0.810. The van der Waals surface area contributed by atoms with Crippen LogP contribution in [0.5, 0.6) is 0 Å². The van der Waals surface area contributed by atoms with Crippen LogP contribution in [0.2, 0.25) is 0 Å². The highest BCUT2D eigenvalue weighted by Gasteiger charge is 2.38. The highest BCUT2D eigenvalue weighted by atomic mass is 16.5. The van der Waals surface area contributed by atoms with Crippen molar-refractivity contribution < 1.29 is 19.1 Å². The summed E-state index contributed by atoms with van der Waals surface area (Å²) in [5.41, 5.74) is 1.61. The third kappa shape index (κ3) is 3.56. The number of hydrogen-bond acceptors (Lipinski definition) is 5. The van der Waals surface area contributed by atoms with Crippen molar-refractivity contribution in [2.75, 3.05) is 65.1 Å². The average molecular weight is 360 g/mol. The van der Waals surface area contributed by atoms with Crippen molar-refractivity contribution in [1.82, 2.24) is 9.80 Å². The van der Waals surface area contributed by atoms with E-state index in [1.165, 1.54) is 4.90 Å². The third-order valence-electron chi connectivity index (χ3n) is 4.52. The zero-order valence-electron chi connectivity index (χ0n) is 15.2. The number of hydrogen-bond donors (Lipinski definition) is 0. The van der Waals surface area contributed by atoms with Crippen LogP contribution in [0.1, 0.15) is 5.56 Å². The van der Waals surface area contributed by atoms with E-state index in [2.05, 4.69) is 4.99 Å². The summed E-state index contributed by atoms with van der Waals surface area (Å²) in [6.45, 7) is 2.89. The minimum atomic E-state index is -0.202. The van der Waals surface area contributed by atoms with Gasteiger partial charge in [-0.15, -0.1) is 0 Å². The lowest BCUT2D eigenvalue weighted by atomic mass is 10.1. The Kier molecular flexibility index (Phi) is 5.85. The van der Waals surface area contributed by atoms with Gasteiger partial charge in [0.15, 0.2) is 0 Å². The fourth-order valence-electron chi connectivity index (χ4n) is 3.16. The summed E-state index contributed by atoms with van der Waals surface area (Å²) in [5, 5.41) is 0. The second-order valence-electron chi connectivity index (χ2n) is 6.11. The summed E-state index contributed by atoms with van der Waals surface area (Å²) in [6, 6.07) is 7.36. The van der Waals surface area contributed by atoms with Gasteiger partial charge in [0, 0.05) is 39.4 Å². The normalized spacial score (nSPS) is 15.6. The second-order valence-corrected chi connectivity index (χ2v) is 6.11. The largest absolute Gasteiger partial charge is 0.383 e. The predicted molar refractivity (Wildman–Crippen MR) is 97.6 cm³/mol. The molecule has 2 heterocycles. The zero-order chi connectivity index (χ0) is 18.5. The van der Waals surface area contributed by atoms with Gasteiger partial charge in [-0.1, -0.05) is 12.1 Å². The molecule has 0 saturated heterocycles. The summed E-state index contributed by atoms with van der Waals surface area (Å²) in [7, 11) is 3.19. The van der Waals surface area contributed by atoms with E-state index in [0.717, 1.165) is 11.3 Å². The first kappa shape index (κ1) is 18.3. The maximum Gasteiger partial charge on any atom is 0.330 e. The number of urea groups is 1. The van der Waals surface area contributed by atoms with E-state index in [0.29, 0.717) is 45.2 Å². The molecule has 0 radical (unpaired) electrons. The molecule has 2 aliphatic rings. The Morgan fingerprint density at radius 3 is 2.58 bits per heavy atom. The second kappa shape index (κ2) is 8.29. The van der Waals surface area contributed by atoms with Gasteiger partial charge in [0.25, 0.3) is 0 Å². The number of methoxy groups -OCH3 is 2. The quantitative estimate of drug-likeness (QED) is 0.688. The van der Waals surface area contributed by atoms with E-state index in [1.807, 2.05) is 24.3 Å². The van der Waals surface area contributed by atoms with E-state index in [1.54, 1.807) is 24.0 Å². The minimum Gasteiger partial charge on any atom is -0.383 e. The molecule has 26 heavy (non-hydrogen) atoms. The smallest absolute Gasteiger partial charge is 0.330 e. The van der Waals surface area contributed by atoms with Gasteiger partial charge in [0.05, 0.1) is 25.4 Å². The first-order valence-electron chi connectivity index (χ1n) is 8.66. The number of aliphatic imine (C=N–C) groups is 1. The molecule has 0 atom stereocenters. The molecule has 3 rings (SSSR count). The van der Waals surface area contributed by atoms with Gasteiger partial charge in [0.2, 0.25) is 5.91 Å². The monoisotopic (exact) mass is 360 g/mol. The lowest BCUT2D eigenvalue weighted by Crippen LogP contribution is -2.53. The number of nitrogens with zero attached hydrogens (tertiary/aromatic N) is 4. The van der Waals surface area contributed by atoms with Crippen LogP contribution in [-0.4, -0.2) is 87.7 Å². The molecule has 0 spiro atoms. The number of para-hydroxylation sites is 1. The van der Waals surface area contributed by atoms with Crippen molar-refractivity contribution in [3.63, 3.8) is 0 Å². The van der Waals surface area contributed by atoms with Gasteiger partial charge < -0.3 is 14.4 Å². The van der Waals surface area contributed by atoms with Crippen molar-refractivity contribution in [3.05, 3.63) is 29.8 Å². The minimum absolute atomic E-state index is 0.0208. The molecule has 1 aromatic rings. The number of anilines is 1. The molecule has 1 aromatic carbocycles. The summed E-state index contributed by atoms with van der Waals surface area (Å²) in [5.74, 6) is 0.562. The van der Waals surface area contributed by atoms with Crippen LogP contribution < -0.4 is 4.90 Å². The van der Waals surface area contributed by atoms with Crippen LogP contribution in [0.15, 0.2) is 29.3 Å². The summed E-state index contributed by atoms with van der Waals surface area (Å²) >= 11 is 0. The standard InChI is InChI=1S/C18H24N4O4/c1-25-11-9-20(10-12-26-2)16(23)13-22-15-6-4-3-5-14(15)17-19-7-8-21(17)18(22)24/h3-6H,7-13H2,1-2H3. The molecule has 0 bridgehead atoms. The molecule has 0 N–H and O–H groups in total. The fraction of sp³-hybridized carbons (Fsp3) is 0.500. The number of amidine groups is 1. The van der Waals surface area contributed by atoms with E-state index >= 15 is 0 Å². The zero-order valence-corrected chi connectivity index (χ0v) is 15.2. The average Bonchev–Trinajstić information content (AvgIpc) is 3.15. The van der Waals surface area contributed by atoms with E-state index < -0.39 is 0 Å². The maximum absolute atomic E-state index is 12.9. The van der Waals surface area contributed by atoms with Gasteiger partial charge in [-0.3, -0.25) is 19.6 Å². The van der Waals surface area contributed by atoms with Gasteiger partial charge in [-0.25, -0.2) is 4.79 Å². The molecule has 0 unspecified atom stereocenters. The first-order valence-corrected chi connectivity index (χ1v) is 8.66. The number of carbonyl (C=O) groups is 2.